The molecule has 0 saturated heterocycles. The molecule has 3 aromatic rings. The van der Waals surface area contributed by atoms with Crippen molar-refractivity contribution in [3.8, 4) is 0 Å². The lowest BCUT2D eigenvalue weighted by Gasteiger charge is -2.36. The van der Waals surface area contributed by atoms with E-state index < -0.39 is 0 Å². The molecule has 0 fully saturated rings. The van der Waals surface area contributed by atoms with Gasteiger partial charge >= 0.3 is 0 Å². The number of benzene rings is 2. The summed E-state index contributed by atoms with van der Waals surface area (Å²) in [5, 5.41) is 1.02. The van der Waals surface area contributed by atoms with Gasteiger partial charge in [-0.3, -0.25) is 4.90 Å². The van der Waals surface area contributed by atoms with Gasteiger partial charge in [0, 0.05) is 41.6 Å². The molecule has 4 heteroatoms. The summed E-state index contributed by atoms with van der Waals surface area (Å²) in [7, 11) is 2.14. The predicted molar refractivity (Wildman–Crippen MR) is 101 cm³/mol. The van der Waals surface area contributed by atoms with Crippen molar-refractivity contribution in [2.45, 2.75) is 45.3 Å². The maximum atomic E-state index is 13.9. The Balaban J connectivity index is 1.79. The van der Waals surface area contributed by atoms with Crippen LogP contribution in [0.5, 0.6) is 0 Å². The van der Waals surface area contributed by atoms with Crippen LogP contribution in [0.2, 0.25) is 0 Å². The molecule has 1 aromatic heterocycles. The first kappa shape index (κ1) is 17.2. The van der Waals surface area contributed by atoms with E-state index in [2.05, 4.69) is 30.4 Å². The highest BCUT2D eigenvalue weighted by molar-refractivity contribution is 5.86. The Kier molecular flexibility index (Phi) is 4.31. The van der Waals surface area contributed by atoms with Crippen LogP contribution in [0, 0.1) is 11.6 Å². The molecule has 1 aliphatic rings. The van der Waals surface area contributed by atoms with Gasteiger partial charge < -0.3 is 4.57 Å². The van der Waals surface area contributed by atoms with E-state index in [1.54, 1.807) is 12.1 Å². The number of hydrogen-bond acceptors (Lipinski definition) is 1. The third-order valence-corrected chi connectivity index (χ3v) is 5.93. The van der Waals surface area contributed by atoms with Crippen LogP contribution in [-0.4, -0.2) is 22.6 Å². The van der Waals surface area contributed by atoms with Gasteiger partial charge in [0.2, 0.25) is 0 Å². The molecule has 0 radical (unpaired) electrons. The van der Waals surface area contributed by atoms with Crippen LogP contribution in [0.15, 0.2) is 42.5 Å². The van der Waals surface area contributed by atoms with E-state index in [0.717, 1.165) is 35.9 Å². The van der Waals surface area contributed by atoms with E-state index in [4.69, 9.17) is 0 Å². The molecule has 2 aromatic carbocycles. The van der Waals surface area contributed by atoms with Gasteiger partial charge in [-0.05, 0) is 68.8 Å². The van der Waals surface area contributed by atoms with Gasteiger partial charge in [-0.1, -0.05) is 12.1 Å². The number of rotatable bonds is 3. The minimum absolute atomic E-state index is 0.190. The smallest absolute Gasteiger partial charge is 0.123 e. The van der Waals surface area contributed by atoms with E-state index in [0.29, 0.717) is 6.04 Å². The molecule has 4 rings (SSSR count). The Morgan fingerprint density at radius 3 is 2.42 bits per heavy atom. The number of likely N-dealkylation sites (N-methyl/N-ethyl adjacent to an activating group) is 1. The predicted octanol–water partition coefficient (Wildman–Crippen LogP) is 5.10. The lowest BCUT2D eigenvalue weighted by Crippen LogP contribution is -2.38. The molecule has 2 heterocycles. The van der Waals surface area contributed by atoms with Crippen molar-refractivity contribution in [2.24, 2.45) is 0 Å². The monoisotopic (exact) mass is 354 g/mol. The van der Waals surface area contributed by atoms with E-state index in [-0.39, 0.29) is 17.7 Å². The van der Waals surface area contributed by atoms with Crippen LogP contribution < -0.4 is 0 Å². The number of halogens is 2. The number of fused-ring (bicyclic) bond motifs is 3. The second-order valence-corrected chi connectivity index (χ2v) is 7.44. The lowest BCUT2D eigenvalue weighted by atomic mass is 9.93. The van der Waals surface area contributed by atoms with Gasteiger partial charge in [0.1, 0.15) is 11.6 Å². The van der Waals surface area contributed by atoms with Crippen molar-refractivity contribution in [2.75, 3.05) is 7.05 Å². The highest BCUT2D eigenvalue weighted by Gasteiger charge is 2.31. The molecule has 0 bridgehead atoms. The number of nitrogens with zero attached hydrogens (tertiary/aromatic N) is 2. The summed E-state index contributed by atoms with van der Waals surface area (Å²) < 4.78 is 29.4. The zero-order valence-corrected chi connectivity index (χ0v) is 15.5. The summed E-state index contributed by atoms with van der Waals surface area (Å²) >= 11 is 0. The lowest BCUT2D eigenvalue weighted by molar-refractivity contribution is 0.177. The Morgan fingerprint density at radius 1 is 1.00 bits per heavy atom. The second-order valence-electron chi connectivity index (χ2n) is 7.44. The summed E-state index contributed by atoms with van der Waals surface area (Å²) in [6.07, 6.45) is 1.78. The van der Waals surface area contributed by atoms with Gasteiger partial charge in [-0.15, -0.1) is 0 Å². The number of aryl methyl sites for hydroxylation is 2. The molecule has 0 spiro atoms. The SMILES string of the molecule is C[C@@H]1Cc2c(c3cc(F)ccc3n2CCc2ccc(F)cc2)[C@H](C)N1C. The van der Waals surface area contributed by atoms with Crippen molar-refractivity contribution in [1.29, 1.82) is 0 Å². The highest BCUT2D eigenvalue weighted by Crippen LogP contribution is 2.39. The van der Waals surface area contributed by atoms with Gasteiger partial charge in [0.15, 0.2) is 0 Å². The molecule has 26 heavy (non-hydrogen) atoms. The maximum Gasteiger partial charge on any atom is 0.123 e. The summed E-state index contributed by atoms with van der Waals surface area (Å²) in [5.74, 6) is -0.400. The van der Waals surface area contributed by atoms with Crippen molar-refractivity contribution in [1.82, 2.24) is 9.47 Å². The summed E-state index contributed by atoms with van der Waals surface area (Å²) in [5.41, 5.74) is 4.76. The first-order valence-corrected chi connectivity index (χ1v) is 9.22. The van der Waals surface area contributed by atoms with E-state index in [1.165, 1.54) is 23.4 Å². The van der Waals surface area contributed by atoms with Crippen molar-refractivity contribution in [3.63, 3.8) is 0 Å². The molecule has 1 aliphatic heterocycles. The third kappa shape index (κ3) is 2.82. The zero-order valence-electron chi connectivity index (χ0n) is 15.5. The first-order valence-electron chi connectivity index (χ1n) is 9.22. The average molecular weight is 354 g/mol. The molecule has 0 saturated carbocycles. The largest absolute Gasteiger partial charge is 0.344 e. The molecule has 2 atom stereocenters. The fourth-order valence-corrected chi connectivity index (χ4v) is 4.25. The molecule has 0 N–H and O–H groups in total. The fourth-order valence-electron chi connectivity index (χ4n) is 4.25. The van der Waals surface area contributed by atoms with Crippen molar-refractivity contribution >= 4 is 10.9 Å². The standard InChI is InChI=1S/C22H24F2N2/c1-14-12-21-22(15(2)25(14)3)19-13-18(24)8-9-20(19)26(21)11-10-16-4-6-17(23)7-5-16/h4-9,13-15H,10-12H2,1-3H3/t14-,15+/m1/s1. The van der Waals surface area contributed by atoms with Crippen LogP contribution in [-0.2, 0) is 19.4 Å². The minimum atomic E-state index is -0.210. The Hall–Kier alpha value is -2.20. The normalized spacial score (nSPS) is 20.5. The Bertz CT molecular complexity index is 943. The maximum absolute atomic E-state index is 13.9. The molecular weight excluding hydrogens is 330 g/mol. The third-order valence-electron chi connectivity index (χ3n) is 5.93. The topological polar surface area (TPSA) is 8.17 Å². The second kappa shape index (κ2) is 6.51. The van der Waals surface area contributed by atoms with E-state index in [9.17, 15) is 8.78 Å². The highest BCUT2D eigenvalue weighted by atomic mass is 19.1. The van der Waals surface area contributed by atoms with E-state index >= 15 is 0 Å². The summed E-state index contributed by atoms with van der Waals surface area (Å²) in [6, 6.07) is 12.5. The van der Waals surface area contributed by atoms with Crippen molar-refractivity contribution < 1.29 is 8.78 Å². The zero-order chi connectivity index (χ0) is 18.4. The van der Waals surface area contributed by atoms with Gasteiger partial charge in [-0.2, -0.15) is 0 Å². The van der Waals surface area contributed by atoms with Crippen LogP contribution in [0.25, 0.3) is 10.9 Å². The van der Waals surface area contributed by atoms with Crippen LogP contribution in [0.1, 0.15) is 36.7 Å². The number of hydrogen-bond donors (Lipinski definition) is 0. The van der Waals surface area contributed by atoms with Gasteiger partial charge in [0.05, 0.1) is 0 Å². The molecular formula is C22H24F2N2. The van der Waals surface area contributed by atoms with Crippen LogP contribution >= 0.6 is 0 Å². The van der Waals surface area contributed by atoms with E-state index in [1.807, 2.05) is 18.2 Å². The summed E-state index contributed by atoms with van der Waals surface area (Å²) in [4.78, 5) is 2.36. The minimum Gasteiger partial charge on any atom is -0.344 e. The molecule has 2 nitrogen and oxygen atoms in total. The molecule has 136 valence electrons. The average Bonchev–Trinajstić information content (AvgIpc) is 2.92. The molecule has 0 unspecified atom stereocenters. The Labute approximate surface area is 153 Å². The fraction of sp³-hybridized carbons (Fsp3) is 0.364. The summed E-state index contributed by atoms with van der Waals surface area (Å²) in [6.45, 7) is 5.25. The van der Waals surface area contributed by atoms with Crippen molar-refractivity contribution in [3.05, 3.63) is 70.9 Å². The van der Waals surface area contributed by atoms with Gasteiger partial charge in [-0.25, -0.2) is 8.78 Å². The molecule has 0 amide bonds. The number of aromatic nitrogens is 1. The quantitative estimate of drug-likeness (QED) is 0.635. The van der Waals surface area contributed by atoms with Crippen LogP contribution in [0.3, 0.4) is 0 Å². The van der Waals surface area contributed by atoms with Crippen LogP contribution in [0.4, 0.5) is 8.78 Å². The molecule has 0 aliphatic carbocycles. The Morgan fingerprint density at radius 2 is 1.69 bits per heavy atom. The first-order chi connectivity index (χ1) is 12.5. The van der Waals surface area contributed by atoms with Gasteiger partial charge in [0.25, 0.3) is 0 Å².